The lowest BCUT2D eigenvalue weighted by atomic mass is 9.94. The number of ether oxygens (including phenoxy) is 2. The highest BCUT2D eigenvalue weighted by atomic mass is 16.5. The summed E-state index contributed by atoms with van der Waals surface area (Å²) in [5.74, 6) is 0.516. The van der Waals surface area contributed by atoms with Crippen molar-refractivity contribution in [2.45, 2.75) is 51.6 Å². The van der Waals surface area contributed by atoms with Crippen LogP contribution in [0.25, 0.3) is 0 Å². The first-order valence-electron chi connectivity index (χ1n) is 6.51. The van der Waals surface area contributed by atoms with Gasteiger partial charge in [-0.1, -0.05) is 13.3 Å². The highest BCUT2D eigenvalue weighted by Crippen LogP contribution is 2.48. The van der Waals surface area contributed by atoms with Crippen molar-refractivity contribution >= 4 is 5.97 Å². The Kier molecular flexibility index (Phi) is 3.53. The molecule has 1 heterocycles. The molecule has 16 heavy (non-hydrogen) atoms. The highest BCUT2D eigenvalue weighted by Gasteiger charge is 2.50. The molecule has 1 spiro atoms. The van der Waals surface area contributed by atoms with Crippen LogP contribution in [0.15, 0.2) is 0 Å². The molecule has 0 aromatic carbocycles. The number of hydrogen-bond acceptors (Lipinski definition) is 3. The van der Waals surface area contributed by atoms with Crippen LogP contribution in [0, 0.1) is 11.8 Å². The minimum absolute atomic E-state index is 0.0120. The molecule has 0 bridgehead atoms. The Bertz CT molecular complexity index is 256. The van der Waals surface area contributed by atoms with Crippen molar-refractivity contribution in [1.29, 1.82) is 0 Å². The van der Waals surface area contributed by atoms with Crippen molar-refractivity contribution in [2.75, 3.05) is 13.2 Å². The van der Waals surface area contributed by atoms with Gasteiger partial charge in [0.2, 0.25) is 0 Å². The molecule has 3 heteroatoms. The van der Waals surface area contributed by atoms with Crippen molar-refractivity contribution in [3.8, 4) is 0 Å². The molecule has 1 saturated carbocycles. The van der Waals surface area contributed by atoms with Gasteiger partial charge in [0, 0.05) is 6.61 Å². The third kappa shape index (κ3) is 2.10. The fourth-order valence-corrected chi connectivity index (χ4v) is 3.30. The molecule has 2 aliphatic rings. The molecule has 2 fully saturated rings. The average molecular weight is 226 g/mol. The molecule has 0 aromatic rings. The average Bonchev–Trinajstić information content (AvgIpc) is 2.87. The van der Waals surface area contributed by atoms with Crippen LogP contribution in [0.5, 0.6) is 0 Å². The van der Waals surface area contributed by atoms with Crippen LogP contribution in [0.3, 0.4) is 0 Å². The predicted octanol–water partition coefficient (Wildman–Crippen LogP) is 2.53. The minimum Gasteiger partial charge on any atom is -0.466 e. The second-order valence-electron chi connectivity index (χ2n) is 5.07. The van der Waals surface area contributed by atoms with Gasteiger partial charge in [-0.05, 0) is 38.5 Å². The summed E-state index contributed by atoms with van der Waals surface area (Å²) in [6.07, 6.45) is 5.25. The van der Waals surface area contributed by atoms with Crippen molar-refractivity contribution in [3.63, 3.8) is 0 Å². The van der Waals surface area contributed by atoms with Gasteiger partial charge in [-0.3, -0.25) is 4.79 Å². The summed E-state index contributed by atoms with van der Waals surface area (Å²) in [6.45, 7) is 5.38. The molecule has 3 atom stereocenters. The Labute approximate surface area is 97.5 Å². The summed E-state index contributed by atoms with van der Waals surface area (Å²) in [4.78, 5) is 11.9. The molecular weight excluding hydrogens is 204 g/mol. The SMILES string of the molecule is CCOC(=O)C1CC2(CCCO2)CC1CC. The number of carbonyl (C=O) groups excluding carboxylic acids is 1. The van der Waals surface area contributed by atoms with Gasteiger partial charge < -0.3 is 9.47 Å². The first-order valence-corrected chi connectivity index (χ1v) is 6.51. The van der Waals surface area contributed by atoms with E-state index in [9.17, 15) is 4.79 Å². The summed E-state index contributed by atoms with van der Waals surface area (Å²) in [5.41, 5.74) is 0.0120. The zero-order valence-corrected chi connectivity index (χ0v) is 10.3. The normalized spacial score (nSPS) is 38.1. The van der Waals surface area contributed by atoms with Crippen molar-refractivity contribution in [1.82, 2.24) is 0 Å². The van der Waals surface area contributed by atoms with Gasteiger partial charge in [0.1, 0.15) is 0 Å². The number of carbonyl (C=O) groups is 1. The first-order chi connectivity index (χ1) is 7.71. The second kappa shape index (κ2) is 4.74. The zero-order chi connectivity index (χ0) is 11.6. The predicted molar refractivity (Wildman–Crippen MR) is 61.1 cm³/mol. The van der Waals surface area contributed by atoms with E-state index in [2.05, 4.69) is 6.92 Å². The van der Waals surface area contributed by atoms with Gasteiger partial charge in [0.15, 0.2) is 0 Å². The third-order valence-electron chi connectivity index (χ3n) is 4.09. The number of esters is 1. The number of rotatable bonds is 3. The highest BCUT2D eigenvalue weighted by molar-refractivity contribution is 5.73. The first kappa shape index (κ1) is 11.9. The molecule has 0 N–H and O–H groups in total. The van der Waals surface area contributed by atoms with Crippen molar-refractivity contribution in [2.24, 2.45) is 11.8 Å². The van der Waals surface area contributed by atoms with E-state index < -0.39 is 0 Å². The summed E-state index contributed by atoms with van der Waals surface area (Å²) >= 11 is 0. The van der Waals surface area contributed by atoms with Crippen LogP contribution < -0.4 is 0 Å². The monoisotopic (exact) mass is 226 g/mol. The quantitative estimate of drug-likeness (QED) is 0.694. The lowest BCUT2D eigenvalue weighted by Crippen LogP contribution is -2.25. The van der Waals surface area contributed by atoms with E-state index in [1.807, 2.05) is 6.92 Å². The number of hydrogen-bond donors (Lipinski definition) is 0. The smallest absolute Gasteiger partial charge is 0.309 e. The molecule has 3 nitrogen and oxygen atoms in total. The van der Waals surface area contributed by atoms with E-state index in [-0.39, 0.29) is 17.5 Å². The van der Waals surface area contributed by atoms with Crippen LogP contribution in [-0.4, -0.2) is 24.8 Å². The third-order valence-corrected chi connectivity index (χ3v) is 4.09. The van der Waals surface area contributed by atoms with Crippen molar-refractivity contribution < 1.29 is 14.3 Å². The molecule has 1 aliphatic carbocycles. The lowest BCUT2D eigenvalue weighted by Gasteiger charge is -2.22. The maximum absolute atomic E-state index is 11.9. The topological polar surface area (TPSA) is 35.5 Å². The van der Waals surface area contributed by atoms with Crippen molar-refractivity contribution in [3.05, 3.63) is 0 Å². The fourth-order valence-electron chi connectivity index (χ4n) is 3.30. The van der Waals surface area contributed by atoms with E-state index in [1.54, 1.807) is 0 Å². The summed E-state index contributed by atoms with van der Waals surface area (Å²) < 4.78 is 11.1. The molecule has 1 aliphatic heterocycles. The maximum atomic E-state index is 11.9. The largest absolute Gasteiger partial charge is 0.466 e. The van der Waals surface area contributed by atoms with Crippen LogP contribution in [0.4, 0.5) is 0 Å². The molecule has 2 rings (SSSR count). The Morgan fingerprint density at radius 3 is 2.81 bits per heavy atom. The van der Waals surface area contributed by atoms with E-state index in [0.29, 0.717) is 12.5 Å². The van der Waals surface area contributed by atoms with Gasteiger partial charge in [-0.15, -0.1) is 0 Å². The Morgan fingerprint density at radius 2 is 2.25 bits per heavy atom. The van der Waals surface area contributed by atoms with Gasteiger partial charge in [-0.25, -0.2) is 0 Å². The van der Waals surface area contributed by atoms with Gasteiger partial charge in [0.05, 0.1) is 18.1 Å². The van der Waals surface area contributed by atoms with Crippen LogP contribution in [-0.2, 0) is 14.3 Å². The Hall–Kier alpha value is -0.570. The van der Waals surface area contributed by atoms with Gasteiger partial charge in [0.25, 0.3) is 0 Å². The molecular formula is C13H22O3. The molecule has 0 aromatic heterocycles. The minimum atomic E-state index is -0.0123. The van der Waals surface area contributed by atoms with E-state index in [4.69, 9.17) is 9.47 Å². The maximum Gasteiger partial charge on any atom is 0.309 e. The van der Waals surface area contributed by atoms with E-state index in [0.717, 1.165) is 38.7 Å². The standard InChI is InChI=1S/C13H22O3/c1-3-10-8-13(6-5-7-16-13)9-11(10)12(14)15-4-2/h10-11H,3-9H2,1-2H3. The Morgan fingerprint density at radius 1 is 1.44 bits per heavy atom. The fraction of sp³-hybridized carbons (Fsp3) is 0.923. The van der Waals surface area contributed by atoms with E-state index in [1.165, 1.54) is 0 Å². The zero-order valence-electron chi connectivity index (χ0n) is 10.3. The van der Waals surface area contributed by atoms with Crippen LogP contribution in [0.2, 0.25) is 0 Å². The summed E-state index contributed by atoms with van der Waals surface area (Å²) in [5, 5.41) is 0. The summed E-state index contributed by atoms with van der Waals surface area (Å²) in [7, 11) is 0. The van der Waals surface area contributed by atoms with Crippen LogP contribution in [0.1, 0.15) is 46.0 Å². The van der Waals surface area contributed by atoms with Crippen LogP contribution >= 0.6 is 0 Å². The summed E-state index contributed by atoms with van der Waals surface area (Å²) in [6, 6.07) is 0. The Balaban J connectivity index is 2.04. The lowest BCUT2D eigenvalue weighted by molar-refractivity contribution is -0.149. The van der Waals surface area contributed by atoms with Gasteiger partial charge in [-0.2, -0.15) is 0 Å². The van der Waals surface area contributed by atoms with E-state index >= 15 is 0 Å². The molecule has 3 unspecified atom stereocenters. The second-order valence-corrected chi connectivity index (χ2v) is 5.07. The molecule has 1 saturated heterocycles. The molecule has 0 amide bonds. The van der Waals surface area contributed by atoms with Gasteiger partial charge >= 0.3 is 5.97 Å². The molecule has 92 valence electrons. The molecule has 0 radical (unpaired) electrons.